The molecule has 0 saturated carbocycles. The molecule has 1 unspecified atom stereocenters. The van der Waals surface area contributed by atoms with E-state index < -0.39 is 29.7 Å². The average molecular weight is 385 g/mol. The van der Waals surface area contributed by atoms with E-state index in [0.717, 1.165) is 4.90 Å². The number of thiophene rings is 1. The Labute approximate surface area is 160 Å². The summed E-state index contributed by atoms with van der Waals surface area (Å²) >= 11 is 1.24. The summed E-state index contributed by atoms with van der Waals surface area (Å²) in [6.07, 6.45) is 0.284. The second kappa shape index (κ2) is 7.71. The number of amides is 4. The molecule has 2 N–H and O–H groups in total. The summed E-state index contributed by atoms with van der Waals surface area (Å²) < 4.78 is 0. The van der Waals surface area contributed by atoms with Gasteiger partial charge >= 0.3 is 0 Å². The SMILES string of the molecule is CC(C)CC(C(=O)NNC(=O)c1cccs1)N1C(=O)c2ccccc2C1=O. The van der Waals surface area contributed by atoms with Crippen molar-refractivity contribution in [2.75, 3.05) is 0 Å². The molecule has 3 rings (SSSR count). The number of fused-ring (bicyclic) bond motifs is 1. The predicted molar refractivity (Wildman–Crippen MR) is 100 cm³/mol. The molecule has 27 heavy (non-hydrogen) atoms. The van der Waals surface area contributed by atoms with Gasteiger partial charge in [-0.2, -0.15) is 0 Å². The zero-order valence-corrected chi connectivity index (χ0v) is 15.7. The number of rotatable bonds is 5. The maximum atomic E-state index is 12.7. The molecule has 1 atom stereocenters. The molecule has 0 bridgehead atoms. The van der Waals surface area contributed by atoms with Gasteiger partial charge in [0.05, 0.1) is 16.0 Å². The number of imide groups is 1. The molecule has 1 aliphatic heterocycles. The predicted octanol–water partition coefficient (Wildman–Crippen LogP) is 2.22. The lowest BCUT2D eigenvalue weighted by Crippen LogP contribution is -2.54. The first kappa shape index (κ1) is 18.8. The monoisotopic (exact) mass is 385 g/mol. The van der Waals surface area contributed by atoms with Gasteiger partial charge in [0.2, 0.25) is 0 Å². The molecule has 7 nitrogen and oxygen atoms in total. The van der Waals surface area contributed by atoms with Crippen LogP contribution in [0.25, 0.3) is 0 Å². The van der Waals surface area contributed by atoms with Crippen LogP contribution < -0.4 is 10.9 Å². The van der Waals surface area contributed by atoms with Gasteiger partial charge < -0.3 is 0 Å². The van der Waals surface area contributed by atoms with Crippen LogP contribution >= 0.6 is 11.3 Å². The van der Waals surface area contributed by atoms with Gasteiger partial charge in [-0.3, -0.25) is 34.9 Å². The molecule has 0 aliphatic carbocycles. The standard InChI is InChI=1S/C19H19N3O4S/c1-11(2)10-14(16(23)20-21-17(24)15-8-5-9-27-15)22-18(25)12-6-3-4-7-13(12)19(22)26/h3-9,11,14H,10H2,1-2H3,(H,20,23)(H,21,24). The Morgan fingerprint density at radius 3 is 2.15 bits per heavy atom. The lowest BCUT2D eigenvalue weighted by atomic mass is 10.0. The summed E-state index contributed by atoms with van der Waals surface area (Å²) in [5.74, 6) is -2.01. The van der Waals surface area contributed by atoms with Crippen molar-refractivity contribution in [3.63, 3.8) is 0 Å². The molecule has 2 heterocycles. The van der Waals surface area contributed by atoms with Gasteiger partial charge in [0.25, 0.3) is 23.6 Å². The summed E-state index contributed by atoms with van der Waals surface area (Å²) in [7, 11) is 0. The molecule has 1 aromatic heterocycles. The number of nitrogens with one attached hydrogen (secondary N) is 2. The fourth-order valence-corrected chi connectivity index (χ4v) is 3.56. The number of carbonyl (C=O) groups is 4. The van der Waals surface area contributed by atoms with Crippen LogP contribution in [0.4, 0.5) is 0 Å². The van der Waals surface area contributed by atoms with Crippen molar-refractivity contribution >= 4 is 35.0 Å². The van der Waals surface area contributed by atoms with Gasteiger partial charge in [-0.25, -0.2) is 0 Å². The highest BCUT2D eigenvalue weighted by Gasteiger charge is 2.42. The minimum Gasteiger partial charge on any atom is -0.271 e. The third kappa shape index (κ3) is 3.75. The van der Waals surface area contributed by atoms with Crippen molar-refractivity contribution in [1.82, 2.24) is 15.8 Å². The van der Waals surface area contributed by atoms with Crippen molar-refractivity contribution < 1.29 is 19.2 Å². The highest BCUT2D eigenvalue weighted by Crippen LogP contribution is 2.26. The number of hydrazine groups is 1. The summed E-state index contributed by atoms with van der Waals surface area (Å²) in [5, 5.41) is 1.75. The van der Waals surface area contributed by atoms with Gasteiger partial charge in [-0.05, 0) is 35.9 Å². The second-order valence-electron chi connectivity index (χ2n) is 6.59. The minimum absolute atomic E-state index is 0.0538. The Morgan fingerprint density at radius 2 is 1.63 bits per heavy atom. The van der Waals surface area contributed by atoms with Gasteiger partial charge in [-0.1, -0.05) is 32.0 Å². The van der Waals surface area contributed by atoms with Gasteiger partial charge in [-0.15, -0.1) is 11.3 Å². The Balaban J connectivity index is 1.78. The number of hydrogen-bond donors (Lipinski definition) is 2. The van der Waals surface area contributed by atoms with Crippen LogP contribution in [0.2, 0.25) is 0 Å². The summed E-state index contributed by atoms with van der Waals surface area (Å²) in [4.78, 5) is 51.6. The van der Waals surface area contributed by atoms with Crippen molar-refractivity contribution in [1.29, 1.82) is 0 Å². The van der Waals surface area contributed by atoms with E-state index in [9.17, 15) is 19.2 Å². The van der Waals surface area contributed by atoms with E-state index in [1.54, 1.807) is 41.8 Å². The molecular formula is C19H19N3O4S. The topological polar surface area (TPSA) is 95.6 Å². The van der Waals surface area contributed by atoms with E-state index >= 15 is 0 Å². The normalized spacial score (nSPS) is 14.3. The fraction of sp³-hybridized carbons (Fsp3) is 0.263. The number of carbonyl (C=O) groups excluding carboxylic acids is 4. The zero-order chi connectivity index (χ0) is 19.6. The van der Waals surface area contributed by atoms with Crippen LogP contribution in [-0.4, -0.2) is 34.6 Å². The summed E-state index contributed by atoms with van der Waals surface area (Å²) in [6.45, 7) is 3.78. The largest absolute Gasteiger partial charge is 0.279 e. The van der Waals surface area contributed by atoms with Crippen LogP contribution in [0.1, 0.15) is 50.7 Å². The van der Waals surface area contributed by atoms with Crippen molar-refractivity contribution in [2.24, 2.45) is 5.92 Å². The molecular weight excluding hydrogens is 366 g/mol. The molecule has 0 saturated heterocycles. The molecule has 1 aromatic carbocycles. The van der Waals surface area contributed by atoms with Crippen molar-refractivity contribution in [3.05, 3.63) is 57.8 Å². The van der Waals surface area contributed by atoms with Crippen LogP contribution in [0.5, 0.6) is 0 Å². The van der Waals surface area contributed by atoms with E-state index in [2.05, 4.69) is 10.9 Å². The third-order valence-corrected chi connectivity index (χ3v) is 5.05. The van der Waals surface area contributed by atoms with E-state index in [1.165, 1.54) is 11.3 Å². The molecule has 2 aromatic rings. The molecule has 140 valence electrons. The Kier molecular flexibility index (Phi) is 5.36. The van der Waals surface area contributed by atoms with E-state index in [1.807, 2.05) is 13.8 Å². The molecule has 0 radical (unpaired) electrons. The first-order chi connectivity index (χ1) is 12.9. The Bertz CT molecular complexity index is 857. The Morgan fingerprint density at radius 1 is 1.00 bits per heavy atom. The lowest BCUT2D eigenvalue weighted by Gasteiger charge is -2.26. The molecule has 0 fully saturated rings. The summed E-state index contributed by atoms with van der Waals surface area (Å²) in [6, 6.07) is 8.82. The summed E-state index contributed by atoms with van der Waals surface area (Å²) in [5.41, 5.74) is 5.25. The first-order valence-electron chi connectivity index (χ1n) is 8.50. The second-order valence-corrected chi connectivity index (χ2v) is 7.54. The van der Waals surface area contributed by atoms with Gasteiger partial charge in [0.15, 0.2) is 0 Å². The highest BCUT2D eigenvalue weighted by atomic mass is 32.1. The van der Waals surface area contributed by atoms with Crippen molar-refractivity contribution in [3.8, 4) is 0 Å². The van der Waals surface area contributed by atoms with Crippen molar-refractivity contribution in [2.45, 2.75) is 26.3 Å². The molecule has 8 heteroatoms. The fourth-order valence-electron chi connectivity index (χ4n) is 2.94. The number of hydrogen-bond acceptors (Lipinski definition) is 5. The van der Waals surface area contributed by atoms with E-state index in [0.29, 0.717) is 4.88 Å². The minimum atomic E-state index is -1.01. The van der Waals surface area contributed by atoms with Crippen LogP contribution in [-0.2, 0) is 4.79 Å². The smallest absolute Gasteiger partial charge is 0.271 e. The van der Waals surface area contributed by atoms with Crippen LogP contribution in [0.3, 0.4) is 0 Å². The number of benzene rings is 1. The molecule has 1 aliphatic rings. The van der Waals surface area contributed by atoms with Gasteiger partial charge in [0, 0.05) is 0 Å². The lowest BCUT2D eigenvalue weighted by molar-refractivity contribution is -0.126. The molecule has 0 spiro atoms. The maximum absolute atomic E-state index is 12.7. The number of nitrogens with zero attached hydrogens (tertiary/aromatic N) is 1. The highest BCUT2D eigenvalue weighted by molar-refractivity contribution is 7.12. The average Bonchev–Trinajstić information content (AvgIpc) is 3.26. The van der Waals surface area contributed by atoms with E-state index in [-0.39, 0.29) is 23.5 Å². The van der Waals surface area contributed by atoms with E-state index in [4.69, 9.17) is 0 Å². The van der Waals surface area contributed by atoms with Crippen LogP contribution in [0, 0.1) is 5.92 Å². The zero-order valence-electron chi connectivity index (χ0n) is 14.9. The maximum Gasteiger partial charge on any atom is 0.279 e. The van der Waals surface area contributed by atoms with Crippen LogP contribution in [0.15, 0.2) is 41.8 Å². The first-order valence-corrected chi connectivity index (χ1v) is 9.38. The third-order valence-electron chi connectivity index (χ3n) is 4.18. The quantitative estimate of drug-likeness (QED) is 0.609. The van der Waals surface area contributed by atoms with Gasteiger partial charge in [0.1, 0.15) is 6.04 Å². The Hall–Kier alpha value is -3.00. The molecule has 4 amide bonds.